The van der Waals surface area contributed by atoms with Gasteiger partial charge in [0.2, 0.25) is 5.89 Å². The van der Waals surface area contributed by atoms with Crippen LogP contribution in [-0.4, -0.2) is 19.6 Å². The molecule has 108 valence electrons. The van der Waals surface area contributed by atoms with Gasteiger partial charge in [-0.15, -0.1) is 0 Å². The molecule has 0 saturated carbocycles. The molecule has 2 heterocycles. The van der Waals surface area contributed by atoms with E-state index in [1.165, 1.54) is 6.07 Å². The van der Waals surface area contributed by atoms with Crippen molar-refractivity contribution in [1.29, 1.82) is 0 Å². The standard InChI is InChI=1S/C14H14N4O3/c1-9(2)14-15-13(21-16-14)8-17-6-5-10-7-11(18(19)20)3-4-12(10)17/h3-7,9H,8H2,1-2H3. The number of benzene rings is 1. The fourth-order valence-electron chi connectivity index (χ4n) is 2.15. The van der Waals surface area contributed by atoms with Gasteiger partial charge in [-0.05, 0) is 12.1 Å². The second-order valence-corrected chi connectivity index (χ2v) is 5.14. The van der Waals surface area contributed by atoms with E-state index in [2.05, 4.69) is 10.1 Å². The summed E-state index contributed by atoms with van der Waals surface area (Å²) in [4.78, 5) is 14.7. The molecule has 1 aromatic carbocycles. The molecule has 3 aromatic rings. The molecule has 0 N–H and O–H groups in total. The molecule has 3 rings (SSSR count). The zero-order chi connectivity index (χ0) is 15.0. The summed E-state index contributed by atoms with van der Waals surface area (Å²) in [7, 11) is 0. The molecule has 21 heavy (non-hydrogen) atoms. The minimum atomic E-state index is -0.399. The zero-order valence-corrected chi connectivity index (χ0v) is 11.7. The molecule has 0 unspecified atom stereocenters. The minimum absolute atomic E-state index is 0.0835. The van der Waals surface area contributed by atoms with Gasteiger partial charge < -0.3 is 9.09 Å². The lowest BCUT2D eigenvalue weighted by Gasteiger charge is -2.01. The Hall–Kier alpha value is -2.70. The molecule has 0 aliphatic carbocycles. The Morgan fingerprint density at radius 1 is 1.38 bits per heavy atom. The van der Waals surface area contributed by atoms with E-state index in [4.69, 9.17) is 4.52 Å². The van der Waals surface area contributed by atoms with Crippen molar-refractivity contribution in [1.82, 2.24) is 14.7 Å². The monoisotopic (exact) mass is 286 g/mol. The third kappa shape index (κ3) is 2.49. The molecule has 0 saturated heterocycles. The first-order valence-electron chi connectivity index (χ1n) is 6.60. The van der Waals surface area contributed by atoms with Gasteiger partial charge >= 0.3 is 0 Å². The normalized spacial score (nSPS) is 11.4. The number of aromatic nitrogens is 3. The van der Waals surface area contributed by atoms with Crippen LogP contribution in [0.15, 0.2) is 35.0 Å². The average molecular weight is 286 g/mol. The van der Waals surface area contributed by atoms with Crippen LogP contribution in [0.2, 0.25) is 0 Å². The highest BCUT2D eigenvalue weighted by Crippen LogP contribution is 2.22. The lowest BCUT2D eigenvalue weighted by molar-refractivity contribution is -0.384. The smallest absolute Gasteiger partial charge is 0.270 e. The van der Waals surface area contributed by atoms with Crippen molar-refractivity contribution in [3.8, 4) is 0 Å². The van der Waals surface area contributed by atoms with Crippen molar-refractivity contribution in [2.45, 2.75) is 26.3 Å². The van der Waals surface area contributed by atoms with Crippen LogP contribution in [-0.2, 0) is 6.54 Å². The maximum Gasteiger partial charge on any atom is 0.270 e. The highest BCUT2D eigenvalue weighted by Gasteiger charge is 2.12. The Kier molecular flexibility index (Phi) is 3.17. The van der Waals surface area contributed by atoms with E-state index >= 15 is 0 Å². The average Bonchev–Trinajstić information content (AvgIpc) is 3.06. The molecule has 0 aliphatic heterocycles. The van der Waals surface area contributed by atoms with Crippen LogP contribution in [0, 0.1) is 10.1 Å². The Balaban J connectivity index is 1.91. The van der Waals surface area contributed by atoms with Gasteiger partial charge in [0.25, 0.3) is 5.69 Å². The van der Waals surface area contributed by atoms with E-state index in [9.17, 15) is 10.1 Å². The lowest BCUT2D eigenvalue weighted by atomic mass is 10.2. The molecular formula is C14H14N4O3. The van der Waals surface area contributed by atoms with Crippen molar-refractivity contribution in [3.05, 3.63) is 52.3 Å². The number of nitrogens with zero attached hydrogens (tertiary/aromatic N) is 4. The number of nitro benzene ring substituents is 1. The van der Waals surface area contributed by atoms with E-state index in [1.807, 2.05) is 30.7 Å². The van der Waals surface area contributed by atoms with Gasteiger partial charge in [-0.2, -0.15) is 4.98 Å². The first-order valence-corrected chi connectivity index (χ1v) is 6.60. The van der Waals surface area contributed by atoms with Crippen molar-refractivity contribution in [2.75, 3.05) is 0 Å². The first-order chi connectivity index (χ1) is 10.0. The summed E-state index contributed by atoms with van der Waals surface area (Å²) in [6.07, 6.45) is 1.85. The third-order valence-electron chi connectivity index (χ3n) is 3.27. The maximum atomic E-state index is 10.8. The summed E-state index contributed by atoms with van der Waals surface area (Å²) in [5, 5.41) is 15.5. The maximum absolute atomic E-state index is 10.8. The minimum Gasteiger partial charge on any atom is -0.338 e. The number of hydrogen-bond acceptors (Lipinski definition) is 5. The third-order valence-corrected chi connectivity index (χ3v) is 3.27. The van der Waals surface area contributed by atoms with Crippen LogP contribution in [0.1, 0.15) is 31.5 Å². The lowest BCUT2D eigenvalue weighted by Crippen LogP contribution is -1.99. The Morgan fingerprint density at radius 3 is 2.86 bits per heavy atom. The van der Waals surface area contributed by atoms with Crippen molar-refractivity contribution >= 4 is 16.6 Å². The fourth-order valence-corrected chi connectivity index (χ4v) is 2.15. The highest BCUT2D eigenvalue weighted by molar-refractivity contribution is 5.82. The predicted molar refractivity (Wildman–Crippen MR) is 76.1 cm³/mol. The van der Waals surface area contributed by atoms with Crippen molar-refractivity contribution in [2.24, 2.45) is 0 Å². The topological polar surface area (TPSA) is 87.0 Å². The fraction of sp³-hybridized carbons (Fsp3) is 0.286. The van der Waals surface area contributed by atoms with Crippen LogP contribution in [0.25, 0.3) is 10.9 Å². The van der Waals surface area contributed by atoms with E-state index in [1.54, 1.807) is 12.1 Å². The van der Waals surface area contributed by atoms with E-state index in [-0.39, 0.29) is 11.6 Å². The summed E-state index contributed by atoms with van der Waals surface area (Å²) in [5.41, 5.74) is 0.977. The Bertz CT molecular complexity index is 804. The molecule has 0 spiro atoms. The second kappa shape index (κ2) is 5.01. The van der Waals surface area contributed by atoms with Crippen LogP contribution in [0.5, 0.6) is 0 Å². The first kappa shape index (κ1) is 13.3. The van der Waals surface area contributed by atoms with Gasteiger partial charge in [-0.1, -0.05) is 19.0 Å². The Labute approximate surface area is 120 Å². The SMILES string of the molecule is CC(C)c1noc(Cn2ccc3cc([N+](=O)[O-])ccc32)n1. The van der Waals surface area contributed by atoms with Gasteiger partial charge in [-0.25, -0.2) is 0 Å². The van der Waals surface area contributed by atoms with Crippen LogP contribution in [0.4, 0.5) is 5.69 Å². The number of non-ortho nitro benzene ring substituents is 1. The molecule has 2 aromatic heterocycles. The van der Waals surface area contributed by atoms with Gasteiger partial charge in [0.15, 0.2) is 5.82 Å². The van der Waals surface area contributed by atoms with Crippen LogP contribution < -0.4 is 0 Å². The van der Waals surface area contributed by atoms with E-state index in [0.717, 1.165) is 10.9 Å². The molecule has 0 radical (unpaired) electrons. The predicted octanol–water partition coefficient (Wildman–Crippen LogP) is 3.10. The van der Waals surface area contributed by atoms with Gasteiger partial charge in [-0.3, -0.25) is 10.1 Å². The van der Waals surface area contributed by atoms with Crippen molar-refractivity contribution in [3.63, 3.8) is 0 Å². The highest BCUT2D eigenvalue weighted by atomic mass is 16.6. The zero-order valence-electron chi connectivity index (χ0n) is 11.7. The molecular weight excluding hydrogens is 272 g/mol. The van der Waals surface area contributed by atoms with Crippen molar-refractivity contribution < 1.29 is 9.45 Å². The summed E-state index contributed by atoms with van der Waals surface area (Å²) in [5.74, 6) is 1.42. The molecule has 7 heteroatoms. The van der Waals surface area contributed by atoms with Gasteiger partial charge in [0, 0.05) is 35.2 Å². The van der Waals surface area contributed by atoms with Crippen LogP contribution in [0.3, 0.4) is 0 Å². The summed E-state index contributed by atoms with van der Waals surface area (Å²) >= 11 is 0. The molecule has 0 fully saturated rings. The molecule has 0 atom stereocenters. The number of rotatable bonds is 4. The summed E-state index contributed by atoms with van der Waals surface area (Å²) < 4.78 is 7.15. The summed E-state index contributed by atoms with van der Waals surface area (Å²) in [6.45, 7) is 4.44. The Morgan fingerprint density at radius 2 is 2.19 bits per heavy atom. The number of hydrogen-bond donors (Lipinski definition) is 0. The van der Waals surface area contributed by atoms with Gasteiger partial charge in [0.1, 0.15) is 6.54 Å². The quantitative estimate of drug-likeness (QED) is 0.543. The number of nitro groups is 1. The largest absolute Gasteiger partial charge is 0.338 e. The molecule has 0 aliphatic rings. The van der Waals surface area contributed by atoms with E-state index < -0.39 is 4.92 Å². The molecule has 7 nitrogen and oxygen atoms in total. The van der Waals surface area contributed by atoms with Crippen LogP contribution >= 0.6 is 0 Å². The summed E-state index contributed by atoms with van der Waals surface area (Å²) in [6, 6.07) is 6.61. The second-order valence-electron chi connectivity index (χ2n) is 5.14. The number of fused-ring (bicyclic) bond motifs is 1. The molecule has 0 bridgehead atoms. The van der Waals surface area contributed by atoms with Gasteiger partial charge in [0.05, 0.1) is 4.92 Å². The molecule has 0 amide bonds. The van der Waals surface area contributed by atoms with E-state index in [0.29, 0.717) is 18.3 Å².